The molecular weight excluding hydrogens is 223 g/mol. The smallest absolute Gasteiger partial charge is 1.00 e. The molecule has 12 heavy (non-hydrogen) atoms. The summed E-state index contributed by atoms with van der Waals surface area (Å²) in [6.45, 7) is 0. The third-order valence-corrected chi connectivity index (χ3v) is 7.95. The second-order valence-electron chi connectivity index (χ2n) is 3.13. The van der Waals surface area contributed by atoms with Gasteiger partial charge in [0.05, 0.1) is 0 Å². The monoisotopic (exact) mass is 236 g/mol. The van der Waals surface area contributed by atoms with Gasteiger partial charge < -0.3 is 2.85 Å². The van der Waals surface area contributed by atoms with Crippen LogP contribution in [0.3, 0.4) is 0 Å². The van der Waals surface area contributed by atoms with Gasteiger partial charge in [0, 0.05) is 0 Å². The predicted molar refractivity (Wildman–Crippen MR) is 53.0 cm³/mol. The van der Waals surface area contributed by atoms with Crippen LogP contribution < -0.4 is 0 Å². The average molecular weight is 237 g/mol. The molecule has 0 aromatic rings. The Labute approximate surface area is 84.1 Å². The number of hydrogen-bond donors (Lipinski definition) is 0. The van der Waals surface area contributed by atoms with Crippen LogP contribution in [-0.2, 0) is 21.3 Å². The van der Waals surface area contributed by atoms with E-state index in [9.17, 15) is 0 Å². The number of rotatable bonds is 2. The predicted octanol–water partition coefficient (Wildman–Crippen LogP) is 2.95. The van der Waals surface area contributed by atoms with Crippen molar-refractivity contribution in [3.63, 3.8) is 0 Å². The van der Waals surface area contributed by atoms with E-state index in [1.54, 1.807) is 6.56 Å². The summed E-state index contributed by atoms with van der Waals surface area (Å²) in [6, 6.07) is 0. The van der Waals surface area contributed by atoms with Gasteiger partial charge in [0.1, 0.15) is 0 Å². The number of hydrogen-bond acceptors (Lipinski definition) is 0. The van der Waals surface area contributed by atoms with Gasteiger partial charge in [-0.05, 0) is 0 Å². The van der Waals surface area contributed by atoms with Crippen LogP contribution in [0.15, 0.2) is 43.0 Å². The van der Waals surface area contributed by atoms with Gasteiger partial charge in [0.25, 0.3) is 0 Å². The zero-order valence-corrected chi connectivity index (χ0v) is 9.54. The van der Waals surface area contributed by atoms with E-state index < -0.39 is 21.3 Å². The quantitative estimate of drug-likeness (QED) is 0.693. The van der Waals surface area contributed by atoms with Gasteiger partial charge in [-0.2, -0.15) is 0 Å². The molecule has 0 saturated carbocycles. The molecule has 0 amide bonds. The fourth-order valence-electron chi connectivity index (χ4n) is 1.55. The van der Waals surface area contributed by atoms with Crippen molar-refractivity contribution in [1.82, 2.24) is 0 Å². The van der Waals surface area contributed by atoms with E-state index in [0.29, 0.717) is 0 Å². The van der Waals surface area contributed by atoms with E-state index in [-0.39, 0.29) is 2.85 Å². The molecule has 0 radical (unpaired) electrons. The maximum absolute atomic E-state index is 4.38. The molecule has 64 valence electrons. The van der Waals surface area contributed by atoms with Crippen molar-refractivity contribution in [2.75, 3.05) is 0 Å². The molecule has 0 bridgehead atoms. The SMILES string of the molecule is [CH2]=[Zr]([C]1=CC=CC1)[C]1=CC=CC1.[H-].[H-]. The van der Waals surface area contributed by atoms with Crippen LogP contribution in [0.4, 0.5) is 0 Å². The Balaban J connectivity index is 0.000000845. The first-order chi connectivity index (χ1) is 5.88. The number of allylic oxidation sites excluding steroid dienone is 8. The first kappa shape index (κ1) is 8.32. The van der Waals surface area contributed by atoms with Gasteiger partial charge in [-0.15, -0.1) is 0 Å². The van der Waals surface area contributed by atoms with E-state index in [1.165, 1.54) is 12.8 Å². The van der Waals surface area contributed by atoms with Crippen molar-refractivity contribution in [2.45, 2.75) is 12.8 Å². The molecule has 0 heterocycles. The molecule has 1 heteroatoms. The van der Waals surface area contributed by atoms with Crippen molar-refractivity contribution in [3.8, 4) is 0 Å². The molecule has 0 atom stereocenters. The van der Waals surface area contributed by atoms with Crippen LogP contribution in [-0.4, -0.2) is 4.21 Å². The van der Waals surface area contributed by atoms with Gasteiger partial charge in [-0.25, -0.2) is 0 Å². The maximum atomic E-state index is 4.38. The Hall–Kier alpha value is -0.287. The van der Waals surface area contributed by atoms with Crippen LogP contribution in [0.5, 0.6) is 0 Å². The molecule has 0 N–H and O–H groups in total. The third-order valence-electron chi connectivity index (χ3n) is 2.32. The first-order valence-corrected chi connectivity index (χ1v) is 8.48. The molecule has 2 rings (SSSR count). The molecule has 0 spiro atoms. The Bertz CT molecular complexity index is 303. The fraction of sp³-hybridized carbons (Fsp3) is 0.182. The molecule has 0 unspecified atom stereocenters. The van der Waals surface area contributed by atoms with Gasteiger partial charge in [-0.3, -0.25) is 0 Å². The Morgan fingerprint density at radius 3 is 1.92 bits per heavy atom. The van der Waals surface area contributed by atoms with Crippen molar-refractivity contribution in [1.29, 1.82) is 0 Å². The Kier molecular flexibility index (Phi) is 2.51. The summed E-state index contributed by atoms with van der Waals surface area (Å²) in [4.78, 5) is 0. The van der Waals surface area contributed by atoms with Crippen molar-refractivity contribution >= 4 is 4.21 Å². The summed E-state index contributed by atoms with van der Waals surface area (Å²) in [5.74, 6) is 0. The van der Waals surface area contributed by atoms with Gasteiger partial charge in [0.2, 0.25) is 0 Å². The molecular formula is C11H14Zr-2. The normalized spacial score (nSPS) is 19.7. The summed E-state index contributed by atoms with van der Waals surface area (Å²) in [6.07, 6.45) is 15.7. The van der Waals surface area contributed by atoms with Crippen LogP contribution in [0.1, 0.15) is 15.7 Å². The van der Waals surface area contributed by atoms with Gasteiger partial charge in [-0.1, -0.05) is 0 Å². The summed E-state index contributed by atoms with van der Waals surface area (Å²) in [7, 11) is 0. The Morgan fingerprint density at radius 2 is 1.58 bits per heavy atom. The standard InChI is InChI=1S/2C5H5.CH2.Zr.2H/c2*1-2-4-5-3-1;;;;/h2*1-3H,4H2;1H2;;;/q;;;;2*-1. The molecule has 2 aliphatic carbocycles. The summed E-state index contributed by atoms with van der Waals surface area (Å²) in [5.41, 5.74) is 0. The first-order valence-electron chi connectivity index (χ1n) is 4.29. The van der Waals surface area contributed by atoms with E-state index in [0.717, 1.165) is 0 Å². The Morgan fingerprint density at radius 1 is 1.08 bits per heavy atom. The minimum atomic E-state index is -1.52. The topological polar surface area (TPSA) is 0 Å². The van der Waals surface area contributed by atoms with Gasteiger partial charge >= 0.3 is 81.3 Å². The second kappa shape index (κ2) is 3.62. The largest absolute Gasteiger partial charge is 1.00 e. The van der Waals surface area contributed by atoms with Crippen molar-refractivity contribution in [2.24, 2.45) is 0 Å². The second-order valence-corrected chi connectivity index (χ2v) is 8.64. The molecule has 0 aromatic heterocycles. The molecule has 0 aliphatic heterocycles. The van der Waals surface area contributed by atoms with E-state index in [4.69, 9.17) is 0 Å². The van der Waals surface area contributed by atoms with E-state index in [2.05, 4.69) is 40.7 Å². The van der Waals surface area contributed by atoms with E-state index >= 15 is 0 Å². The average Bonchev–Trinajstić information content (AvgIpc) is 2.77. The fourth-order valence-corrected chi connectivity index (χ4v) is 5.81. The summed E-state index contributed by atoms with van der Waals surface area (Å²) in [5, 5.41) is 0. The molecule has 2 aliphatic rings. The van der Waals surface area contributed by atoms with Crippen LogP contribution in [0, 0.1) is 0 Å². The van der Waals surface area contributed by atoms with Crippen molar-refractivity contribution < 1.29 is 24.1 Å². The maximum Gasteiger partial charge on any atom is -1.00 e. The van der Waals surface area contributed by atoms with Crippen LogP contribution in [0.25, 0.3) is 0 Å². The minimum Gasteiger partial charge on any atom is -1.00 e. The molecule has 0 aromatic carbocycles. The minimum absolute atomic E-state index is 0. The molecule has 0 nitrogen and oxygen atoms in total. The van der Waals surface area contributed by atoms with Gasteiger partial charge in [0.15, 0.2) is 0 Å². The molecule has 0 saturated heterocycles. The third kappa shape index (κ3) is 1.56. The van der Waals surface area contributed by atoms with E-state index in [1.807, 2.05) is 0 Å². The summed E-state index contributed by atoms with van der Waals surface area (Å²) >= 11 is -1.52. The van der Waals surface area contributed by atoms with Crippen LogP contribution in [0.2, 0.25) is 0 Å². The van der Waals surface area contributed by atoms with Crippen molar-refractivity contribution in [3.05, 3.63) is 43.0 Å². The van der Waals surface area contributed by atoms with Crippen LogP contribution >= 0.6 is 0 Å². The zero-order chi connectivity index (χ0) is 8.39. The molecule has 0 fully saturated rings. The summed E-state index contributed by atoms with van der Waals surface area (Å²) < 4.78 is 7.67. The zero-order valence-electron chi connectivity index (χ0n) is 9.09.